The number of carbonyl (C=O) groups excluding carboxylic acids is 4. The Hall–Kier alpha value is -3.36. The molecule has 4 amide bonds. The van der Waals surface area contributed by atoms with Gasteiger partial charge in [-0.25, -0.2) is 4.79 Å². The molecule has 0 spiro atoms. The van der Waals surface area contributed by atoms with Crippen LogP contribution in [-0.4, -0.2) is 53.4 Å². The van der Waals surface area contributed by atoms with E-state index in [9.17, 15) is 19.2 Å². The van der Waals surface area contributed by atoms with Gasteiger partial charge in [0.1, 0.15) is 17.7 Å². The number of ether oxygens (including phenoxy) is 1. The Kier molecular flexibility index (Phi) is 11.8. The summed E-state index contributed by atoms with van der Waals surface area (Å²) >= 11 is 0. The Balaban J connectivity index is 3.29. The lowest BCUT2D eigenvalue weighted by Crippen LogP contribution is -2.54. The molecule has 9 nitrogen and oxygen atoms in total. The molecule has 1 aromatic carbocycles. The normalized spacial score (nSPS) is 12.7. The van der Waals surface area contributed by atoms with E-state index in [1.165, 1.54) is 11.0 Å². The number of carbonyl (C=O) groups is 4. The number of benzene rings is 1. The zero-order valence-corrected chi connectivity index (χ0v) is 20.6. The zero-order valence-electron chi connectivity index (χ0n) is 20.6. The lowest BCUT2D eigenvalue weighted by Gasteiger charge is -2.33. The largest absolute Gasteiger partial charge is 0.444 e. The Bertz CT molecular complexity index is 835. The highest BCUT2D eigenvalue weighted by molar-refractivity contribution is 5.94. The fourth-order valence-corrected chi connectivity index (χ4v) is 3.30. The molecule has 0 heterocycles. The maximum Gasteiger partial charge on any atom is 0.408 e. The standard InChI is InChI=1S/C25H38N4O5/c1-6-8-12-15-27-22(31)21(18-13-10-9-11-14-18)29(16-7-2)23(32)19(17-20(26)30)28-24(33)34-25(3,4)5/h7,9-11,13-14,19,21H,2,6,8,12,15-17H2,1,3-5H3,(H2,26,30)(H,27,31)(H,28,33). The number of amides is 4. The van der Waals surface area contributed by atoms with E-state index in [0.29, 0.717) is 12.1 Å². The first-order chi connectivity index (χ1) is 16.0. The molecule has 0 saturated carbocycles. The number of nitrogens with zero attached hydrogens (tertiary/aromatic N) is 1. The van der Waals surface area contributed by atoms with Gasteiger partial charge in [-0.05, 0) is 32.8 Å². The monoisotopic (exact) mass is 474 g/mol. The summed E-state index contributed by atoms with van der Waals surface area (Å²) in [6, 6.07) is 6.51. The summed E-state index contributed by atoms with van der Waals surface area (Å²) < 4.78 is 5.24. The molecule has 0 aromatic heterocycles. The number of primary amides is 1. The molecule has 0 fully saturated rings. The van der Waals surface area contributed by atoms with Crippen LogP contribution in [0.2, 0.25) is 0 Å². The number of rotatable bonds is 13. The minimum absolute atomic E-state index is 0.00599. The molecular weight excluding hydrogens is 436 g/mol. The molecule has 2 atom stereocenters. The van der Waals surface area contributed by atoms with Crippen LogP contribution in [-0.2, 0) is 19.1 Å². The molecule has 0 bridgehead atoms. The van der Waals surface area contributed by atoms with Crippen molar-refractivity contribution < 1.29 is 23.9 Å². The van der Waals surface area contributed by atoms with Gasteiger partial charge in [0.25, 0.3) is 0 Å². The molecule has 0 radical (unpaired) electrons. The van der Waals surface area contributed by atoms with Crippen LogP contribution in [0.5, 0.6) is 0 Å². The summed E-state index contributed by atoms with van der Waals surface area (Å²) in [6.07, 6.45) is 2.93. The summed E-state index contributed by atoms with van der Waals surface area (Å²) in [5, 5.41) is 5.32. The number of alkyl carbamates (subject to hydrolysis) is 1. The number of hydrogen-bond acceptors (Lipinski definition) is 5. The molecular formula is C25H38N4O5. The van der Waals surface area contributed by atoms with E-state index in [1.807, 2.05) is 0 Å². The van der Waals surface area contributed by atoms with Crippen molar-refractivity contribution in [2.24, 2.45) is 5.73 Å². The van der Waals surface area contributed by atoms with Gasteiger partial charge >= 0.3 is 6.09 Å². The van der Waals surface area contributed by atoms with Gasteiger partial charge in [0, 0.05) is 13.1 Å². The van der Waals surface area contributed by atoms with Crippen molar-refractivity contribution in [1.82, 2.24) is 15.5 Å². The summed E-state index contributed by atoms with van der Waals surface area (Å²) in [4.78, 5) is 52.2. The maximum absolute atomic E-state index is 13.6. The second kappa shape index (κ2) is 14.0. The summed E-state index contributed by atoms with van der Waals surface area (Å²) in [5.74, 6) is -1.80. The van der Waals surface area contributed by atoms with Crippen molar-refractivity contribution in [3.05, 3.63) is 48.6 Å². The number of unbranched alkanes of at least 4 members (excludes halogenated alkanes) is 2. The van der Waals surface area contributed by atoms with E-state index in [4.69, 9.17) is 10.5 Å². The van der Waals surface area contributed by atoms with E-state index in [1.54, 1.807) is 51.1 Å². The predicted molar refractivity (Wildman–Crippen MR) is 131 cm³/mol. The maximum atomic E-state index is 13.6. The smallest absolute Gasteiger partial charge is 0.408 e. The first-order valence-electron chi connectivity index (χ1n) is 11.5. The van der Waals surface area contributed by atoms with Crippen molar-refractivity contribution >= 4 is 23.8 Å². The van der Waals surface area contributed by atoms with Crippen LogP contribution in [0.25, 0.3) is 0 Å². The lowest BCUT2D eigenvalue weighted by molar-refractivity contribution is -0.142. The summed E-state index contributed by atoms with van der Waals surface area (Å²) in [6.45, 7) is 11.3. The van der Waals surface area contributed by atoms with Crippen LogP contribution in [0.1, 0.15) is 65.0 Å². The van der Waals surface area contributed by atoms with Crippen LogP contribution < -0.4 is 16.4 Å². The molecule has 0 saturated heterocycles. The van der Waals surface area contributed by atoms with Crippen molar-refractivity contribution in [2.45, 2.75) is 71.1 Å². The van der Waals surface area contributed by atoms with Crippen molar-refractivity contribution in [1.29, 1.82) is 0 Å². The quantitative estimate of drug-likeness (QED) is 0.299. The SMILES string of the molecule is C=CCN(C(=O)C(CC(N)=O)NC(=O)OC(C)(C)C)C(C(=O)NCCCCC)c1ccccc1. The fraction of sp³-hybridized carbons (Fsp3) is 0.520. The van der Waals surface area contributed by atoms with E-state index in [0.717, 1.165) is 19.3 Å². The molecule has 1 aromatic rings. The van der Waals surface area contributed by atoms with E-state index in [-0.39, 0.29) is 12.5 Å². The van der Waals surface area contributed by atoms with Crippen molar-refractivity contribution in [3.8, 4) is 0 Å². The predicted octanol–water partition coefficient (Wildman–Crippen LogP) is 2.82. The van der Waals surface area contributed by atoms with Crippen molar-refractivity contribution in [2.75, 3.05) is 13.1 Å². The Morgan fingerprint density at radius 3 is 2.32 bits per heavy atom. The average Bonchev–Trinajstić information content (AvgIpc) is 2.74. The first-order valence-corrected chi connectivity index (χ1v) is 11.5. The Labute approximate surface area is 202 Å². The third-order valence-electron chi connectivity index (χ3n) is 4.76. The van der Waals surface area contributed by atoms with Gasteiger partial charge < -0.3 is 26.0 Å². The Morgan fingerprint density at radius 1 is 1.15 bits per heavy atom. The van der Waals surface area contributed by atoms with Crippen LogP contribution in [0.3, 0.4) is 0 Å². The summed E-state index contributed by atoms with van der Waals surface area (Å²) in [5.41, 5.74) is 5.12. The van der Waals surface area contributed by atoms with Crippen LogP contribution in [0.4, 0.5) is 4.79 Å². The van der Waals surface area contributed by atoms with Crippen LogP contribution in [0.15, 0.2) is 43.0 Å². The minimum atomic E-state index is -1.31. The van der Waals surface area contributed by atoms with E-state index >= 15 is 0 Å². The highest BCUT2D eigenvalue weighted by Gasteiger charge is 2.36. The second-order valence-electron chi connectivity index (χ2n) is 8.96. The molecule has 2 unspecified atom stereocenters. The van der Waals surface area contributed by atoms with Gasteiger partial charge in [0.2, 0.25) is 17.7 Å². The van der Waals surface area contributed by atoms with E-state index in [2.05, 4.69) is 24.1 Å². The second-order valence-corrected chi connectivity index (χ2v) is 8.96. The van der Waals surface area contributed by atoms with E-state index < -0.39 is 42.0 Å². The Morgan fingerprint density at radius 2 is 1.79 bits per heavy atom. The third kappa shape index (κ3) is 10.1. The third-order valence-corrected chi connectivity index (χ3v) is 4.76. The molecule has 188 valence electrons. The molecule has 0 aliphatic carbocycles. The van der Waals surface area contributed by atoms with Gasteiger partial charge in [-0.1, -0.05) is 56.2 Å². The number of nitrogens with two attached hydrogens (primary N) is 1. The van der Waals surface area contributed by atoms with Crippen LogP contribution >= 0.6 is 0 Å². The zero-order chi connectivity index (χ0) is 25.7. The highest BCUT2D eigenvalue weighted by atomic mass is 16.6. The number of nitrogens with one attached hydrogen (secondary N) is 2. The lowest BCUT2D eigenvalue weighted by atomic mass is 10.0. The fourth-order valence-electron chi connectivity index (χ4n) is 3.30. The highest BCUT2D eigenvalue weighted by Crippen LogP contribution is 2.23. The van der Waals surface area contributed by atoms with Gasteiger partial charge in [0.15, 0.2) is 0 Å². The molecule has 0 aliphatic heterocycles. The number of hydrogen-bond donors (Lipinski definition) is 3. The van der Waals surface area contributed by atoms with Gasteiger partial charge in [-0.2, -0.15) is 0 Å². The van der Waals surface area contributed by atoms with Gasteiger partial charge in [0.05, 0.1) is 6.42 Å². The minimum Gasteiger partial charge on any atom is -0.444 e. The molecule has 9 heteroatoms. The van der Waals surface area contributed by atoms with Gasteiger partial charge in [-0.3, -0.25) is 14.4 Å². The topological polar surface area (TPSA) is 131 Å². The van der Waals surface area contributed by atoms with Gasteiger partial charge in [-0.15, -0.1) is 6.58 Å². The first kappa shape index (κ1) is 28.7. The molecule has 0 aliphatic rings. The van der Waals surface area contributed by atoms with Crippen molar-refractivity contribution in [3.63, 3.8) is 0 Å². The van der Waals surface area contributed by atoms with Crippen LogP contribution in [0, 0.1) is 0 Å². The molecule has 34 heavy (non-hydrogen) atoms. The average molecular weight is 475 g/mol. The summed E-state index contributed by atoms with van der Waals surface area (Å²) in [7, 11) is 0. The molecule has 1 rings (SSSR count). The molecule has 4 N–H and O–H groups in total.